The third kappa shape index (κ3) is 6.08. The number of unbranched alkanes of at least 4 members (excludes halogenated alkanes) is 2. The number of hydrogen-bond acceptors (Lipinski definition) is 1. The van der Waals surface area contributed by atoms with Crippen LogP contribution in [0.4, 0.5) is 17.6 Å². The molecule has 0 aliphatic carbocycles. The standard InChI is InChI=1S/C30H25F4N/c1-2-3-4-5-21-6-11-24(35-19-21)12-7-22-17-28(32)26(29(33)18-22)14-9-20-8-13-25-23(16-20)10-15-27(31)30(25)34/h6,8,10-11,13,15-19H,2-5,7,12H2,1H3. The molecule has 0 saturated carbocycles. The van der Waals surface area contributed by atoms with Crippen molar-refractivity contribution in [3.8, 4) is 11.8 Å². The van der Waals surface area contributed by atoms with Crippen molar-refractivity contribution in [2.75, 3.05) is 0 Å². The van der Waals surface area contributed by atoms with E-state index in [0.29, 0.717) is 29.4 Å². The van der Waals surface area contributed by atoms with Gasteiger partial charge in [0.15, 0.2) is 11.6 Å². The smallest absolute Gasteiger partial charge is 0.166 e. The van der Waals surface area contributed by atoms with Crippen LogP contribution in [0.15, 0.2) is 60.8 Å². The van der Waals surface area contributed by atoms with Crippen molar-refractivity contribution in [2.45, 2.75) is 45.4 Å². The summed E-state index contributed by atoms with van der Waals surface area (Å²) < 4.78 is 56.5. The van der Waals surface area contributed by atoms with Crippen molar-refractivity contribution in [1.29, 1.82) is 0 Å². The Bertz CT molecular complexity index is 1380. The van der Waals surface area contributed by atoms with E-state index in [-0.39, 0.29) is 10.9 Å². The van der Waals surface area contributed by atoms with E-state index in [4.69, 9.17) is 0 Å². The quantitative estimate of drug-likeness (QED) is 0.152. The SMILES string of the molecule is CCCCCc1ccc(CCc2cc(F)c(C#Cc3ccc4c(F)c(F)ccc4c3)c(F)c2)nc1. The van der Waals surface area contributed by atoms with Crippen LogP contribution in [-0.2, 0) is 19.3 Å². The van der Waals surface area contributed by atoms with E-state index in [1.807, 2.05) is 12.3 Å². The molecule has 0 aliphatic heterocycles. The average Bonchev–Trinajstić information content (AvgIpc) is 2.85. The number of rotatable bonds is 7. The summed E-state index contributed by atoms with van der Waals surface area (Å²) in [5.41, 5.74) is 2.72. The second-order valence-corrected chi connectivity index (χ2v) is 8.60. The second-order valence-electron chi connectivity index (χ2n) is 8.60. The lowest BCUT2D eigenvalue weighted by Gasteiger charge is -2.06. The number of fused-ring (bicyclic) bond motifs is 1. The van der Waals surface area contributed by atoms with Crippen LogP contribution in [0.2, 0.25) is 0 Å². The average molecular weight is 476 g/mol. The zero-order chi connectivity index (χ0) is 24.8. The van der Waals surface area contributed by atoms with Crippen molar-refractivity contribution >= 4 is 10.8 Å². The summed E-state index contributed by atoms with van der Waals surface area (Å²) in [6, 6.07) is 13.5. The van der Waals surface area contributed by atoms with Gasteiger partial charge in [0.2, 0.25) is 0 Å². The van der Waals surface area contributed by atoms with Crippen molar-refractivity contribution in [3.63, 3.8) is 0 Å². The Labute approximate surface area is 202 Å². The summed E-state index contributed by atoms with van der Waals surface area (Å²) in [6.07, 6.45) is 7.44. The van der Waals surface area contributed by atoms with Crippen molar-refractivity contribution in [3.05, 3.63) is 112 Å². The minimum atomic E-state index is -0.937. The van der Waals surface area contributed by atoms with Gasteiger partial charge in [0.1, 0.15) is 11.6 Å². The van der Waals surface area contributed by atoms with Crippen LogP contribution < -0.4 is 0 Å². The van der Waals surface area contributed by atoms with Gasteiger partial charge in [0, 0.05) is 22.8 Å². The topological polar surface area (TPSA) is 12.9 Å². The highest BCUT2D eigenvalue weighted by Gasteiger charge is 2.11. The molecular weight excluding hydrogens is 450 g/mol. The number of aromatic nitrogens is 1. The highest BCUT2D eigenvalue weighted by Crippen LogP contribution is 2.22. The van der Waals surface area contributed by atoms with Crippen LogP contribution in [0.1, 0.15) is 54.1 Å². The Morgan fingerprint density at radius 2 is 1.51 bits per heavy atom. The molecule has 5 heteroatoms. The Kier molecular flexibility index (Phi) is 7.82. The Hall–Kier alpha value is -3.65. The molecule has 4 aromatic rings. The van der Waals surface area contributed by atoms with Crippen LogP contribution in [0.25, 0.3) is 10.8 Å². The van der Waals surface area contributed by atoms with Crippen molar-refractivity contribution < 1.29 is 17.6 Å². The van der Waals surface area contributed by atoms with Gasteiger partial charge in [-0.2, -0.15) is 0 Å². The van der Waals surface area contributed by atoms with Crippen molar-refractivity contribution in [2.24, 2.45) is 0 Å². The van der Waals surface area contributed by atoms with Gasteiger partial charge in [-0.25, -0.2) is 17.6 Å². The fourth-order valence-electron chi connectivity index (χ4n) is 3.97. The van der Waals surface area contributed by atoms with Crippen LogP contribution in [0, 0.1) is 35.1 Å². The molecule has 0 unspecified atom stereocenters. The molecular formula is C30H25F4N. The minimum Gasteiger partial charge on any atom is -0.261 e. The molecule has 0 N–H and O–H groups in total. The highest BCUT2D eigenvalue weighted by molar-refractivity contribution is 5.84. The lowest BCUT2D eigenvalue weighted by atomic mass is 10.0. The molecule has 1 aromatic heterocycles. The van der Waals surface area contributed by atoms with E-state index in [2.05, 4.69) is 29.8 Å². The van der Waals surface area contributed by atoms with Crippen molar-refractivity contribution in [1.82, 2.24) is 4.98 Å². The first-order valence-corrected chi connectivity index (χ1v) is 11.8. The normalized spacial score (nSPS) is 10.9. The fourth-order valence-corrected chi connectivity index (χ4v) is 3.97. The van der Waals surface area contributed by atoms with E-state index >= 15 is 0 Å². The van der Waals surface area contributed by atoms with E-state index in [1.165, 1.54) is 48.7 Å². The molecule has 0 radical (unpaired) electrons. The third-order valence-corrected chi connectivity index (χ3v) is 5.97. The molecule has 1 heterocycles. The van der Waals surface area contributed by atoms with E-state index in [0.717, 1.165) is 24.6 Å². The monoisotopic (exact) mass is 475 g/mol. The largest absolute Gasteiger partial charge is 0.261 e. The number of nitrogens with zero attached hydrogens (tertiary/aromatic N) is 1. The molecule has 0 aliphatic rings. The predicted molar refractivity (Wildman–Crippen MR) is 131 cm³/mol. The van der Waals surface area contributed by atoms with Gasteiger partial charge < -0.3 is 0 Å². The molecule has 0 spiro atoms. The summed E-state index contributed by atoms with van der Waals surface area (Å²) in [5.74, 6) is 1.91. The lowest BCUT2D eigenvalue weighted by molar-refractivity contribution is 0.517. The summed E-state index contributed by atoms with van der Waals surface area (Å²) >= 11 is 0. The maximum absolute atomic E-state index is 14.6. The first kappa shape index (κ1) is 24.5. The predicted octanol–water partition coefficient (Wildman–Crippen LogP) is 7.71. The van der Waals surface area contributed by atoms with E-state index in [1.54, 1.807) is 6.07 Å². The Morgan fingerprint density at radius 3 is 2.23 bits per heavy atom. The van der Waals surface area contributed by atoms with Crippen LogP contribution in [0.3, 0.4) is 0 Å². The summed E-state index contributed by atoms with van der Waals surface area (Å²) in [4.78, 5) is 4.48. The van der Waals surface area contributed by atoms with Gasteiger partial charge in [-0.05, 0) is 78.6 Å². The number of pyridine rings is 1. The van der Waals surface area contributed by atoms with Gasteiger partial charge >= 0.3 is 0 Å². The molecule has 4 rings (SSSR count). The number of aryl methyl sites for hydroxylation is 3. The Morgan fingerprint density at radius 1 is 0.714 bits per heavy atom. The van der Waals surface area contributed by atoms with Gasteiger partial charge in [-0.1, -0.05) is 49.8 Å². The maximum Gasteiger partial charge on any atom is 0.166 e. The minimum absolute atomic E-state index is 0.123. The van der Waals surface area contributed by atoms with Gasteiger partial charge in [0.05, 0.1) is 5.56 Å². The number of halogens is 4. The molecule has 0 saturated heterocycles. The zero-order valence-corrected chi connectivity index (χ0v) is 19.5. The number of hydrogen-bond donors (Lipinski definition) is 0. The molecule has 3 aromatic carbocycles. The van der Waals surface area contributed by atoms with Crippen LogP contribution in [-0.4, -0.2) is 4.98 Å². The first-order chi connectivity index (χ1) is 16.9. The molecule has 0 bridgehead atoms. The van der Waals surface area contributed by atoms with E-state index in [9.17, 15) is 17.6 Å². The molecule has 0 amide bonds. The molecule has 0 fully saturated rings. The second kappa shape index (κ2) is 11.2. The Balaban J connectivity index is 1.44. The lowest BCUT2D eigenvalue weighted by Crippen LogP contribution is -1.99. The van der Waals surface area contributed by atoms with Gasteiger partial charge in [-0.15, -0.1) is 0 Å². The van der Waals surface area contributed by atoms with E-state index < -0.39 is 23.3 Å². The zero-order valence-electron chi connectivity index (χ0n) is 19.5. The number of benzene rings is 3. The van der Waals surface area contributed by atoms with Gasteiger partial charge in [0.25, 0.3) is 0 Å². The van der Waals surface area contributed by atoms with Crippen LogP contribution >= 0.6 is 0 Å². The third-order valence-electron chi connectivity index (χ3n) is 5.97. The molecule has 1 nitrogen and oxygen atoms in total. The first-order valence-electron chi connectivity index (χ1n) is 11.8. The summed E-state index contributed by atoms with van der Waals surface area (Å²) in [5, 5.41) is 0.576. The van der Waals surface area contributed by atoms with Gasteiger partial charge in [-0.3, -0.25) is 4.98 Å². The molecule has 0 atom stereocenters. The molecule has 35 heavy (non-hydrogen) atoms. The summed E-state index contributed by atoms with van der Waals surface area (Å²) in [6.45, 7) is 2.17. The fraction of sp³-hybridized carbons (Fsp3) is 0.233. The maximum atomic E-state index is 14.6. The highest BCUT2D eigenvalue weighted by atomic mass is 19.2. The molecule has 178 valence electrons. The summed E-state index contributed by atoms with van der Waals surface area (Å²) in [7, 11) is 0. The van der Waals surface area contributed by atoms with Crippen LogP contribution in [0.5, 0.6) is 0 Å².